The summed E-state index contributed by atoms with van der Waals surface area (Å²) in [4.78, 5) is 25.2. The molecule has 0 atom stereocenters. The van der Waals surface area contributed by atoms with Crippen LogP contribution in [0, 0.1) is 0 Å². The maximum absolute atomic E-state index is 12.2. The highest BCUT2D eigenvalue weighted by molar-refractivity contribution is 6.41. The summed E-state index contributed by atoms with van der Waals surface area (Å²) in [6, 6.07) is 1.63. The van der Waals surface area contributed by atoms with Crippen molar-refractivity contribution in [2.24, 2.45) is 7.05 Å². The maximum Gasteiger partial charge on any atom is 0.268 e. The lowest BCUT2D eigenvalue weighted by Gasteiger charge is -2.31. The Morgan fingerprint density at radius 3 is 2.35 bits per heavy atom. The molecule has 1 aliphatic heterocycles. The molecule has 1 N–H and O–H groups in total. The Kier molecular flexibility index (Phi) is 4.60. The molecule has 0 radical (unpaired) electrons. The lowest BCUT2D eigenvalue weighted by Crippen LogP contribution is -2.46. The summed E-state index contributed by atoms with van der Waals surface area (Å²) >= 11 is 11.8. The van der Waals surface area contributed by atoms with Crippen LogP contribution in [0.15, 0.2) is 6.07 Å². The first kappa shape index (κ1) is 15.2. The highest BCUT2D eigenvalue weighted by Gasteiger charge is 2.24. The molecule has 0 bridgehead atoms. The van der Waals surface area contributed by atoms with E-state index in [0.29, 0.717) is 29.0 Å². The Balaban J connectivity index is 1.96. The number of carbonyl (C=O) groups is 2. The van der Waals surface area contributed by atoms with E-state index >= 15 is 0 Å². The van der Waals surface area contributed by atoms with Gasteiger partial charge >= 0.3 is 0 Å². The molecule has 20 heavy (non-hydrogen) atoms. The average Bonchev–Trinajstić information content (AvgIpc) is 2.67. The highest BCUT2D eigenvalue weighted by atomic mass is 35.5. The first-order valence-electron chi connectivity index (χ1n) is 6.47. The lowest BCUT2D eigenvalue weighted by atomic mass is 10.0. The molecule has 110 valence electrons. The minimum Gasteiger partial charge on any atom is -0.348 e. The molecule has 0 saturated carbocycles. The van der Waals surface area contributed by atoms with Crippen LogP contribution in [-0.4, -0.2) is 40.4 Å². The van der Waals surface area contributed by atoms with Crippen LogP contribution in [0.1, 0.15) is 30.3 Å². The number of piperidine rings is 1. The van der Waals surface area contributed by atoms with Gasteiger partial charge in [0.1, 0.15) is 10.8 Å². The molecule has 1 aromatic rings. The minimum absolute atomic E-state index is 0.0746. The number of likely N-dealkylation sites (tertiary alicyclic amines) is 1. The number of halogens is 2. The van der Waals surface area contributed by atoms with Gasteiger partial charge in [0.05, 0.1) is 5.02 Å². The minimum atomic E-state index is -0.192. The molecular formula is C13H17Cl2N3O2. The first-order chi connectivity index (χ1) is 9.40. The predicted molar refractivity (Wildman–Crippen MR) is 78.2 cm³/mol. The number of hydrogen-bond donors (Lipinski definition) is 1. The lowest BCUT2D eigenvalue weighted by molar-refractivity contribution is -0.129. The summed E-state index contributed by atoms with van der Waals surface area (Å²) in [6.07, 6.45) is 1.52. The molecule has 1 saturated heterocycles. The number of aromatic nitrogens is 1. The number of rotatable bonds is 2. The fourth-order valence-corrected chi connectivity index (χ4v) is 2.73. The van der Waals surface area contributed by atoms with Crippen LogP contribution in [-0.2, 0) is 11.8 Å². The van der Waals surface area contributed by atoms with E-state index in [9.17, 15) is 9.59 Å². The summed E-state index contributed by atoms with van der Waals surface area (Å²) in [5, 5.41) is 3.68. The van der Waals surface area contributed by atoms with Gasteiger partial charge in [0.2, 0.25) is 5.91 Å². The molecule has 1 aromatic heterocycles. The molecule has 0 aliphatic carbocycles. The van der Waals surface area contributed by atoms with Crippen molar-refractivity contribution in [2.45, 2.75) is 25.8 Å². The molecule has 1 fully saturated rings. The van der Waals surface area contributed by atoms with Crippen LogP contribution in [0.3, 0.4) is 0 Å². The van der Waals surface area contributed by atoms with Gasteiger partial charge in [-0.3, -0.25) is 9.59 Å². The summed E-state index contributed by atoms with van der Waals surface area (Å²) in [5.41, 5.74) is 0.439. The fraction of sp³-hybridized carbons (Fsp3) is 0.538. The summed E-state index contributed by atoms with van der Waals surface area (Å²) in [7, 11) is 1.70. The summed E-state index contributed by atoms with van der Waals surface area (Å²) in [6.45, 7) is 2.91. The van der Waals surface area contributed by atoms with E-state index in [1.807, 2.05) is 0 Å². The van der Waals surface area contributed by atoms with E-state index in [1.54, 1.807) is 29.5 Å². The summed E-state index contributed by atoms with van der Waals surface area (Å²) in [5.74, 6) is -0.113. The van der Waals surface area contributed by atoms with E-state index in [1.165, 1.54) is 0 Å². The van der Waals surface area contributed by atoms with Gasteiger partial charge in [-0.15, -0.1) is 0 Å². The van der Waals surface area contributed by atoms with E-state index in [2.05, 4.69) is 5.32 Å². The molecule has 2 amide bonds. The topological polar surface area (TPSA) is 54.3 Å². The largest absolute Gasteiger partial charge is 0.348 e. The number of amides is 2. The quantitative estimate of drug-likeness (QED) is 0.908. The molecule has 0 spiro atoms. The van der Waals surface area contributed by atoms with Crippen LogP contribution < -0.4 is 5.32 Å². The van der Waals surface area contributed by atoms with Crippen molar-refractivity contribution in [1.82, 2.24) is 14.8 Å². The van der Waals surface area contributed by atoms with Crippen molar-refractivity contribution in [3.63, 3.8) is 0 Å². The van der Waals surface area contributed by atoms with Crippen molar-refractivity contribution in [1.29, 1.82) is 0 Å². The monoisotopic (exact) mass is 317 g/mol. The zero-order valence-electron chi connectivity index (χ0n) is 11.4. The van der Waals surface area contributed by atoms with E-state index in [4.69, 9.17) is 23.2 Å². The number of nitrogens with zero attached hydrogens (tertiary/aromatic N) is 2. The molecule has 7 heteroatoms. The Labute approximate surface area is 127 Å². The molecule has 0 aromatic carbocycles. The highest BCUT2D eigenvalue weighted by Crippen LogP contribution is 2.25. The Morgan fingerprint density at radius 1 is 1.30 bits per heavy atom. The van der Waals surface area contributed by atoms with Crippen molar-refractivity contribution < 1.29 is 9.59 Å². The number of hydrogen-bond acceptors (Lipinski definition) is 2. The molecular weight excluding hydrogens is 301 g/mol. The Morgan fingerprint density at radius 2 is 1.90 bits per heavy atom. The predicted octanol–water partition coefficient (Wildman–Crippen LogP) is 2.07. The maximum atomic E-state index is 12.2. The van der Waals surface area contributed by atoms with Gasteiger partial charge in [-0.1, -0.05) is 23.2 Å². The number of nitrogens with one attached hydrogen (secondary N) is 1. The van der Waals surface area contributed by atoms with Crippen LogP contribution >= 0.6 is 23.2 Å². The van der Waals surface area contributed by atoms with Gasteiger partial charge in [0.25, 0.3) is 5.91 Å². The number of carbonyl (C=O) groups excluding carboxylic acids is 2. The molecule has 0 unspecified atom stereocenters. The van der Waals surface area contributed by atoms with Gasteiger partial charge in [-0.05, 0) is 18.9 Å². The fourth-order valence-electron chi connectivity index (χ4n) is 2.36. The zero-order chi connectivity index (χ0) is 14.9. The second-order valence-electron chi connectivity index (χ2n) is 4.98. The third kappa shape index (κ3) is 3.10. The Bertz CT molecular complexity index is 534. The molecule has 2 heterocycles. The van der Waals surface area contributed by atoms with E-state index in [-0.39, 0.29) is 17.9 Å². The van der Waals surface area contributed by atoms with Crippen molar-refractivity contribution in [3.8, 4) is 0 Å². The van der Waals surface area contributed by atoms with E-state index in [0.717, 1.165) is 12.8 Å². The normalized spacial score (nSPS) is 16.3. The van der Waals surface area contributed by atoms with Crippen LogP contribution in [0.5, 0.6) is 0 Å². The SMILES string of the molecule is CC(=O)N1CCC(NC(=O)c2cc(Cl)c(Cl)n2C)CC1. The smallest absolute Gasteiger partial charge is 0.268 e. The van der Waals surface area contributed by atoms with Gasteiger partial charge in [-0.25, -0.2) is 0 Å². The van der Waals surface area contributed by atoms with Gasteiger partial charge in [0.15, 0.2) is 0 Å². The zero-order valence-corrected chi connectivity index (χ0v) is 13.0. The molecule has 2 rings (SSSR count). The van der Waals surface area contributed by atoms with E-state index < -0.39 is 0 Å². The Hall–Kier alpha value is -1.20. The molecule has 5 nitrogen and oxygen atoms in total. The van der Waals surface area contributed by atoms with Crippen molar-refractivity contribution >= 4 is 35.0 Å². The third-order valence-corrected chi connectivity index (χ3v) is 4.47. The van der Waals surface area contributed by atoms with Crippen LogP contribution in [0.4, 0.5) is 0 Å². The van der Waals surface area contributed by atoms with Gasteiger partial charge in [0, 0.05) is 33.1 Å². The second kappa shape index (κ2) is 6.06. The standard InChI is InChI=1S/C13H17Cl2N3O2/c1-8(19)18-5-3-9(4-6-18)16-13(20)11-7-10(14)12(15)17(11)2/h7,9H,3-6H2,1-2H3,(H,16,20). The van der Waals surface area contributed by atoms with Gasteiger partial charge < -0.3 is 14.8 Å². The third-order valence-electron chi connectivity index (χ3n) is 3.62. The van der Waals surface area contributed by atoms with Crippen molar-refractivity contribution in [2.75, 3.05) is 13.1 Å². The van der Waals surface area contributed by atoms with Gasteiger partial charge in [-0.2, -0.15) is 0 Å². The summed E-state index contributed by atoms with van der Waals surface area (Å²) < 4.78 is 1.56. The second-order valence-corrected chi connectivity index (χ2v) is 5.75. The van der Waals surface area contributed by atoms with Crippen LogP contribution in [0.2, 0.25) is 10.2 Å². The first-order valence-corrected chi connectivity index (χ1v) is 7.23. The molecule has 1 aliphatic rings. The van der Waals surface area contributed by atoms with Crippen molar-refractivity contribution in [3.05, 3.63) is 21.9 Å². The average molecular weight is 318 g/mol. The van der Waals surface area contributed by atoms with Crippen LogP contribution in [0.25, 0.3) is 0 Å².